The molecule has 2 rings (SSSR count). The van der Waals surface area contributed by atoms with Gasteiger partial charge in [0.05, 0.1) is 0 Å². The predicted octanol–water partition coefficient (Wildman–Crippen LogP) is 3.83. The van der Waals surface area contributed by atoms with Crippen LogP contribution in [0.4, 0.5) is 5.69 Å². The van der Waals surface area contributed by atoms with E-state index in [0.717, 1.165) is 18.5 Å². The maximum Gasteiger partial charge on any atom is 0.138 e. The SMILES string of the molecule is CCC.N=C1CCCC(=O)C1.Nc1ccccc1. The zero-order valence-corrected chi connectivity index (χ0v) is 11.4. The maximum atomic E-state index is 10.5. The molecule has 0 heterocycles. The van der Waals surface area contributed by atoms with E-state index in [-0.39, 0.29) is 5.78 Å². The van der Waals surface area contributed by atoms with Crippen molar-refractivity contribution in [3.05, 3.63) is 30.3 Å². The number of anilines is 1. The van der Waals surface area contributed by atoms with Gasteiger partial charge in [-0.15, -0.1) is 0 Å². The molecule has 3 heteroatoms. The first-order valence-corrected chi connectivity index (χ1v) is 6.48. The molecule has 0 atom stereocenters. The largest absolute Gasteiger partial charge is 0.399 e. The fourth-order valence-corrected chi connectivity index (χ4v) is 1.37. The molecule has 0 saturated heterocycles. The first kappa shape index (κ1) is 16.4. The van der Waals surface area contributed by atoms with Gasteiger partial charge in [-0.05, 0) is 25.0 Å². The topological polar surface area (TPSA) is 66.9 Å². The van der Waals surface area contributed by atoms with Crippen molar-refractivity contribution in [3.63, 3.8) is 0 Å². The number of Topliss-reactive ketones (excluding diaryl/α,β-unsaturated/α-hetero) is 1. The van der Waals surface area contributed by atoms with Crippen LogP contribution in [-0.4, -0.2) is 11.5 Å². The van der Waals surface area contributed by atoms with Crippen molar-refractivity contribution in [3.8, 4) is 0 Å². The fourth-order valence-electron chi connectivity index (χ4n) is 1.37. The van der Waals surface area contributed by atoms with Crippen molar-refractivity contribution in [2.45, 2.75) is 46.0 Å². The predicted molar refractivity (Wildman–Crippen MR) is 78.0 cm³/mol. The Balaban J connectivity index is 0.000000267. The van der Waals surface area contributed by atoms with Gasteiger partial charge in [-0.3, -0.25) is 4.79 Å². The summed E-state index contributed by atoms with van der Waals surface area (Å²) in [7, 11) is 0. The number of para-hydroxylation sites is 1. The second-order valence-electron chi connectivity index (χ2n) is 4.29. The van der Waals surface area contributed by atoms with Crippen LogP contribution in [0.3, 0.4) is 0 Å². The molecule has 1 saturated carbocycles. The summed E-state index contributed by atoms with van der Waals surface area (Å²) in [5.41, 5.74) is 6.79. The summed E-state index contributed by atoms with van der Waals surface area (Å²) in [6.07, 6.45) is 4.10. The van der Waals surface area contributed by atoms with Crippen LogP contribution in [0, 0.1) is 5.41 Å². The molecule has 1 aliphatic rings. The lowest BCUT2D eigenvalue weighted by Crippen LogP contribution is -2.12. The van der Waals surface area contributed by atoms with E-state index in [1.54, 1.807) is 0 Å². The van der Waals surface area contributed by atoms with Crippen LogP contribution < -0.4 is 5.73 Å². The summed E-state index contributed by atoms with van der Waals surface area (Å²) in [6.45, 7) is 4.25. The van der Waals surface area contributed by atoms with Gasteiger partial charge < -0.3 is 11.1 Å². The molecule has 1 aromatic rings. The van der Waals surface area contributed by atoms with Gasteiger partial charge in [0, 0.05) is 24.2 Å². The standard InChI is InChI=1S/C6H9NO.C6H7N.C3H8/c7-5-2-1-3-6(8)4-5;7-6-4-2-1-3-5-6;1-3-2/h7H,1-4H2;1-5H,7H2;3H2,1-2H3. The van der Waals surface area contributed by atoms with E-state index in [2.05, 4.69) is 13.8 Å². The molecule has 0 aliphatic heterocycles. The molecule has 3 nitrogen and oxygen atoms in total. The Kier molecular flexibility index (Phi) is 9.55. The quantitative estimate of drug-likeness (QED) is 0.685. The van der Waals surface area contributed by atoms with Crippen LogP contribution in [0.25, 0.3) is 0 Å². The Labute approximate surface area is 110 Å². The minimum absolute atomic E-state index is 0.237. The van der Waals surface area contributed by atoms with E-state index >= 15 is 0 Å². The van der Waals surface area contributed by atoms with E-state index in [1.165, 1.54) is 6.42 Å². The number of nitrogen functional groups attached to an aromatic ring is 1. The summed E-state index contributed by atoms with van der Waals surface area (Å²) < 4.78 is 0. The number of hydrogen-bond donors (Lipinski definition) is 2. The lowest BCUT2D eigenvalue weighted by molar-refractivity contribution is -0.118. The van der Waals surface area contributed by atoms with Crippen molar-refractivity contribution >= 4 is 17.2 Å². The van der Waals surface area contributed by atoms with E-state index < -0.39 is 0 Å². The van der Waals surface area contributed by atoms with Gasteiger partial charge in [-0.1, -0.05) is 38.5 Å². The molecule has 1 aliphatic carbocycles. The van der Waals surface area contributed by atoms with Crippen molar-refractivity contribution in [1.82, 2.24) is 0 Å². The molecule has 1 fully saturated rings. The first-order chi connectivity index (χ1) is 8.60. The molecule has 0 bridgehead atoms. The lowest BCUT2D eigenvalue weighted by Gasteiger charge is -2.07. The van der Waals surface area contributed by atoms with Gasteiger partial charge in [0.2, 0.25) is 0 Å². The molecule has 1 aromatic carbocycles. The van der Waals surface area contributed by atoms with Crippen molar-refractivity contribution in [2.24, 2.45) is 0 Å². The average Bonchev–Trinajstić information content (AvgIpc) is 2.31. The Bertz CT molecular complexity index is 333. The highest BCUT2D eigenvalue weighted by Crippen LogP contribution is 2.09. The zero-order valence-electron chi connectivity index (χ0n) is 11.4. The van der Waals surface area contributed by atoms with E-state index in [0.29, 0.717) is 18.6 Å². The third kappa shape index (κ3) is 9.58. The molecular weight excluding hydrogens is 224 g/mol. The van der Waals surface area contributed by atoms with Crippen molar-refractivity contribution in [2.75, 3.05) is 5.73 Å². The molecule has 18 heavy (non-hydrogen) atoms. The summed E-state index contributed by atoms with van der Waals surface area (Å²) in [5.74, 6) is 0.237. The highest BCUT2D eigenvalue weighted by molar-refractivity contribution is 6.02. The number of rotatable bonds is 0. The Morgan fingerprint density at radius 2 is 1.72 bits per heavy atom. The van der Waals surface area contributed by atoms with Crippen molar-refractivity contribution < 1.29 is 4.79 Å². The Morgan fingerprint density at radius 1 is 1.17 bits per heavy atom. The molecule has 0 aromatic heterocycles. The van der Waals surface area contributed by atoms with E-state index in [4.69, 9.17) is 11.1 Å². The zero-order chi connectivity index (χ0) is 13.8. The molecule has 3 N–H and O–H groups in total. The summed E-state index contributed by atoms with van der Waals surface area (Å²) in [5, 5.41) is 7.10. The third-order valence-electron chi connectivity index (χ3n) is 2.14. The smallest absolute Gasteiger partial charge is 0.138 e. The second kappa shape index (κ2) is 10.5. The Hall–Kier alpha value is -1.64. The van der Waals surface area contributed by atoms with Gasteiger partial charge in [0.15, 0.2) is 0 Å². The van der Waals surface area contributed by atoms with Gasteiger partial charge in [0.25, 0.3) is 0 Å². The van der Waals surface area contributed by atoms with Gasteiger partial charge in [-0.2, -0.15) is 0 Å². The molecule has 100 valence electrons. The molecule has 0 radical (unpaired) electrons. The average molecular weight is 248 g/mol. The number of ketones is 1. The van der Waals surface area contributed by atoms with Gasteiger partial charge in [0.1, 0.15) is 5.78 Å². The minimum Gasteiger partial charge on any atom is -0.399 e. The molecule has 0 spiro atoms. The molecule has 0 amide bonds. The van der Waals surface area contributed by atoms with E-state index in [1.807, 2.05) is 30.3 Å². The normalized spacial score (nSPS) is 13.9. The minimum atomic E-state index is 0.237. The van der Waals surface area contributed by atoms with E-state index in [9.17, 15) is 4.79 Å². The van der Waals surface area contributed by atoms with Crippen LogP contribution in [0.15, 0.2) is 30.3 Å². The maximum absolute atomic E-state index is 10.5. The van der Waals surface area contributed by atoms with Gasteiger partial charge in [-0.25, -0.2) is 0 Å². The summed E-state index contributed by atoms with van der Waals surface area (Å²) in [6, 6.07) is 9.49. The lowest BCUT2D eigenvalue weighted by atomic mass is 9.98. The highest BCUT2D eigenvalue weighted by atomic mass is 16.1. The summed E-state index contributed by atoms with van der Waals surface area (Å²) >= 11 is 0. The number of nitrogens with two attached hydrogens (primary N) is 1. The van der Waals surface area contributed by atoms with Crippen LogP contribution in [-0.2, 0) is 4.79 Å². The second-order valence-corrected chi connectivity index (χ2v) is 4.29. The first-order valence-electron chi connectivity index (χ1n) is 6.48. The number of hydrogen-bond acceptors (Lipinski definition) is 3. The van der Waals surface area contributed by atoms with Crippen LogP contribution in [0.5, 0.6) is 0 Å². The monoisotopic (exact) mass is 248 g/mol. The highest BCUT2D eigenvalue weighted by Gasteiger charge is 2.11. The fraction of sp³-hybridized carbons (Fsp3) is 0.467. The molecular formula is C15H24N2O. The number of nitrogens with one attached hydrogen (secondary N) is 1. The van der Waals surface area contributed by atoms with Crippen LogP contribution >= 0.6 is 0 Å². The number of benzene rings is 1. The van der Waals surface area contributed by atoms with Crippen molar-refractivity contribution in [1.29, 1.82) is 5.41 Å². The summed E-state index contributed by atoms with van der Waals surface area (Å²) in [4.78, 5) is 10.5. The van der Waals surface area contributed by atoms with Crippen LogP contribution in [0.2, 0.25) is 0 Å². The third-order valence-corrected chi connectivity index (χ3v) is 2.14. The number of carbonyl (C=O) groups is 1. The Morgan fingerprint density at radius 3 is 2.00 bits per heavy atom. The van der Waals surface area contributed by atoms with Crippen LogP contribution in [0.1, 0.15) is 46.0 Å². The number of carbonyl (C=O) groups excluding carboxylic acids is 1. The molecule has 0 unspecified atom stereocenters. The van der Waals surface area contributed by atoms with Gasteiger partial charge >= 0.3 is 0 Å².